The van der Waals surface area contributed by atoms with Crippen LogP contribution < -0.4 is 10.6 Å². The number of aromatic nitrogens is 3. The van der Waals surface area contributed by atoms with Crippen molar-refractivity contribution in [3.63, 3.8) is 0 Å². The van der Waals surface area contributed by atoms with Gasteiger partial charge in [-0.2, -0.15) is 0 Å². The third-order valence-corrected chi connectivity index (χ3v) is 7.39. The van der Waals surface area contributed by atoms with E-state index in [1.165, 1.54) is 23.1 Å². The summed E-state index contributed by atoms with van der Waals surface area (Å²) in [5.74, 6) is 1.86. The van der Waals surface area contributed by atoms with Gasteiger partial charge in [0.25, 0.3) is 0 Å². The highest BCUT2D eigenvalue weighted by Crippen LogP contribution is 2.39. The molecule has 0 aromatic carbocycles. The van der Waals surface area contributed by atoms with E-state index >= 15 is 0 Å². The monoisotopic (exact) mass is 426 g/mol. The van der Waals surface area contributed by atoms with Crippen LogP contribution in [0.3, 0.4) is 0 Å². The van der Waals surface area contributed by atoms with Crippen LogP contribution in [0.4, 0.5) is 15.9 Å². The minimum absolute atomic E-state index is 0.293. The van der Waals surface area contributed by atoms with Gasteiger partial charge in [0, 0.05) is 37.1 Å². The Morgan fingerprint density at radius 2 is 2.10 bits per heavy atom. The Morgan fingerprint density at radius 1 is 1.20 bits per heavy atom. The van der Waals surface area contributed by atoms with Crippen LogP contribution in [0.15, 0.2) is 18.5 Å². The Kier molecular flexibility index (Phi) is 5.28. The van der Waals surface area contributed by atoms with Crippen LogP contribution in [-0.2, 0) is 19.4 Å². The number of fused-ring (bicyclic) bond motifs is 3. The van der Waals surface area contributed by atoms with Crippen molar-refractivity contribution in [2.75, 3.05) is 36.8 Å². The fourth-order valence-electron chi connectivity index (χ4n) is 4.65. The smallest absolute Gasteiger partial charge is 0.146 e. The summed E-state index contributed by atoms with van der Waals surface area (Å²) in [6, 6.07) is 1.56. The van der Waals surface area contributed by atoms with E-state index in [1.54, 1.807) is 23.6 Å². The van der Waals surface area contributed by atoms with Gasteiger partial charge in [0.05, 0.1) is 30.0 Å². The molecule has 30 heavy (non-hydrogen) atoms. The summed E-state index contributed by atoms with van der Waals surface area (Å²) in [6.45, 7) is 6.55. The molecule has 1 aliphatic carbocycles. The summed E-state index contributed by atoms with van der Waals surface area (Å²) in [5, 5.41) is 1.09. The Bertz CT molecular complexity index is 1070. The number of nitrogens with two attached hydrogens (primary N) is 1. The molecule has 0 radical (unpaired) electrons. The fourth-order valence-corrected chi connectivity index (χ4v) is 6.06. The highest BCUT2D eigenvalue weighted by Gasteiger charge is 2.24. The number of nitrogen functional groups attached to an aromatic ring is 1. The van der Waals surface area contributed by atoms with E-state index in [1.807, 2.05) is 0 Å². The minimum atomic E-state index is -0.293. The van der Waals surface area contributed by atoms with Gasteiger partial charge in [-0.05, 0) is 37.2 Å². The van der Waals surface area contributed by atoms with Gasteiger partial charge < -0.3 is 10.6 Å². The van der Waals surface area contributed by atoms with Crippen LogP contribution in [0, 0.1) is 11.7 Å². The first-order valence-corrected chi connectivity index (χ1v) is 11.5. The third kappa shape index (κ3) is 3.86. The van der Waals surface area contributed by atoms with E-state index in [-0.39, 0.29) is 5.82 Å². The topological polar surface area (TPSA) is 71.2 Å². The van der Waals surface area contributed by atoms with Gasteiger partial charge in [-0.1, -0.05) is 6.92 Å². The molecule has 158 valence electrons. The first-order chi connectivity index (χ1) is 14.6. The number of pyridine rings is 1. The summed E-state index contributed by atoms with van der Waals surface area (Å²) < 4.78 is 13.5. The lowest BCUT2D eigenvalue weighted by Gasteiger charge is -2.23. The second kappa shape index (κ2) is 8.07. The summed E-state index contributed by atoms with van der Waals surface area (Å²) in [6.07, 6.45) is 7.40. The lowest BCUT2D eigenvalue weighted by atomic mass is 9.89. The van der Waals surface area contributed by atoms with Gasteiger partial charge in [0.1, 0.15) is 22.3 Å². The van der Waals surface area contributed by atoms with E-state index in [2.05, 4.69) is 26.7 Å². The zero-order valence-electron chi connectivity index (χ0n) is 17.3. The number of thiophene rings is 1. The molecule has 0 amide bonds. The molecular weight excluding hydrogens is 399 g/mol. The molecule has 6 nitrogen and oxygen atoms in total. The number of halogens is 1. The molecule has 1 fully saturated rings. The molecule has 1 unspecified atom stereocenters. The maximum atomic E-state index is 13.5. The van der Waals surface area contributed by atoms with Crippen molar-refractivity contribution < 1.29 is 4.39 Å². The van der Waals surface area contributed by atoms with Crippen LogP contribution in [0.2, 0.25) is 0 Å². The Labute approximate surface area is 179 Å². The van der Waals surface area contributed by atoms with Crippen LogP contribution in [0.5, 0.6) is 0 Å². The van der Waals surface area contributed by atoms with E-state index in [0.717, 1.165) is 73.1 Å². The van der Waals surface area contributed by atoms with Crippen molar-refractivity contribution >= 4 is 33.1 Å². The van der Waals surface area contributed by atoms with E-state index in [4.69, 9.17) is 10.7 Å². The highest BCUT2D eigenvalue weighted by molar-refractivity contribution is 7.19. The predicted octanol–water partition coefficient (Wildman–Crippen LogP) is 3.64. The minimum Gasteiger partial charge on any atom is -0.383 e. The van der Waals surface area contributed by atoms with Gasteiger partial charge in [0.2, 0.25) is 0 Å². The van der Waals surface area contributed by atoms with Gasteiger partial charge in [-0.15, -0.1) is 11.3 Å². The van der Waals surface area contributed by atoms with Crippen molar-refractivity contribution in [3.05, 3.63) is 40.5 Å². The molecule has 1 saturated heterocycles. The van der Waals surface area contributed by atoms with Crippen molar-refractivity contribution in [1.82, 2.24) is 19.9 Å². The first kappa shape index (κ1) is 19.6. The summed E-state index contributed by atoms with van der Waals surface area (Å²) >= 11 is 1.80. The quantitative estimate of drug-likeness (QED) is 0.689. The third-order valence-electron chi connectivity index (χ3n) is 6.24. The normalized spacial score (nSPS) is 20.3. The zero-order chi connectivity index (χ0) is 20.7. The summed E-state index contributed by atoms with van der Waals surface area (Å²) in [5.41, 5.74) is 8.62. The predicted molar refractivity (Wildman–Crippen MR) is 119 cm³/mol. The molecule has 1 atom stereocenters. The molecule has 0 saturated carbocycles. The highest BCUT2D eigenvalue weighted by atomic mass is 32.1. The molecule has 8 heteroatoms. The molecule has 3 aromatic rings. The molecule has 2 N–H and O–H groups in total. The second-order valence-electron chi connectivity index (χ2n) is 8.54. The average Bonchev–Trinajstić information content (AvgIpc) is 2.91. The Balaban J connectivity index is 1.32. The van der Waals surface area contributed by atoms with Crippen molar-refractivity contribution in [2.45, 2.75) is 39.2 Å². The molecule has 3 aromatic heterocycles. The molecule has 4 heterocycles. The van der Waals surface area contributed by atoms with Crippen LogP contribution in [0.1, 0.15) is 36.0 Å². The number of nitrogens with zero attached hydrogens (tertiary/aromatic N) is 5. The Hall–Kier alpha value is -2.32. The lowest BCUT2D eigenvalue weighted by Crippen LogP contribution is -2.31. The molecule has 2 aliphatic rings. The fraction of sp³-hybridized carbons (Fsp3) is 0.500. The van der Waals surface area contributed by atoms with Crippen molar-refractivity contribution in [1.29, 1.82) is 0 Å². The van der Waals surface area contributed by atoms with E-state index in [0.29, 0.717) is 12.4 Å². The largest absolute Gasteiger partial charge is 0.383 e. The maximum Gasteiger partial charge on any atom is 0.146 e. The zero-order valence-corrected chi connectivity index (χ0v) is 18.1. The van der Waals surface area contributed by atoms with Gasteiger partial charge in [-0.3, -0.25) is 9.88 Å². The average molecular weight is 427 g/mol. The first-order valence-electron chi connectivity index (χ1n) is 10.7. The maximum absolute atomic E-state index is 13.5. The van der Waals surface area contributed by atoms with Crippen LogP contribution in [-0.4, -0.2) is 46.0 Å². The Morgan fingerprint density at radius 3 is 2.97 bits per heavy atom. The van der Waals surface area contributed by atoms with E-state index in [9.17, 15) is 4.39 Å². The number of hydrogen-bond donors (Lipinski definition) is 1. The number of aryl methyl sites for hydroxylation is 1. The molecule has 5 rings (SSSR count). The molecule has 0 spiro atoms. The SMILES string of the molecule is CC1CCc2c(sc3nc(CN4CCCN(c5cncc(F)c5)CC4)nc(N)c23)C1. The van der Waals surface area contributed by atoms with Crippen molar-refractivity contribution in [2.24, 2.45) is 5.92 Å². The number of rotatable bonds is 3. The molecule has 1 aliphatic heterocycles. The number of hydrogen-bond acceptors (Lipinski definition) is 7. The second-order valence-corrected chi connectivity index (χ2v) is 9.62. The summed E-state index contributed by atoms with van der Waals surface area (Å²) in [7, 11) is 0. The van der Waals surface area contributed by atoms with Gasteiger partial charge >= 0.3 is 0 Å². The molecule has 0 bridgehead atoms. The van der Waals surface area contributed by atoms with E-state index < -0.39 is 0 Å². The standard InChI is InChI=1S/C22H27FN6S/c1-14-3-4-17-18(9-14)30-22-20(17)21(24)26-19(27-22)13-28-5-2-6-29(8-7-28)16-10-15(23)11-25-12-16/h10-12,14H,2-9,13H2,1H3,(H2,24,26,27). The summed E-state index contributed by atoms with van der Waals surface area (Å²) in [4.78, 5) is 20.6. The van der Waals surface area contributed by atoms with Crippen LogP contribution >= 0.6 is 11.3 Å². The van der Waals surface area contributed by atoms with Crippen LogP contribution in [0.25, 0.3) is 10.2 Å². The molecular formula is C22H27FN6S. The number of anilines is 2. The van der Waals surface area contributed by atoms with Gasteiger partial charge in [0.15, 0.2) is 0 Å². The van der Waals surface area contributed by atoms with Crippen molar-refractivity contribution in [3.8, 4) is 0 Å². The van der Waals surface area contributed by atoms with Gasteiger partial charge in [-0.25, -0.2) is 14.4 Å². The lowest BCUT2D eigenvalue weighted by molar-refractivity contribution is 0.279.